The van der Waals surface area contributed by atoms with E-state index in [1.807, 2.05) is 19.1 Å². The van der Waals surface area contributed by atoms with E-state index >= 15 is 0 Å². The highest BCUT2D eigenvalue weighted by molar-refractivity contribution is 6.65. The Kier molecular flexibility index (Phi) is 4.36. The summed E-state index contributed by atoms with van der Waals surface area (Å²) in [6.45, 7) is 3.00. The molecule has 2 aliphatic rings. The molecule has 0 aromatic heterocycles. The second kappa shape index (κ2) is 6.15. The molecule has 1 aromatic rings. The van der Waals surface area contributed by atoms with Gasteiger partial charge in [0, 0.05) is 25.3 Å². The number of nitrogens with zero attached hydrogens (tertiary/aromatic N) is 2. The zero-order chi connectivity index (χ0) is 16.6. The highest BCUT2D eigenvalue weighted by atomic mass is 35.5. The third-order valence-electron chi connectivity index (χ3n) is 4.57. The number of hydrogen-bond donors (Lipinski definition) is 2. The maximum Gasteiger partial charge on any atom is 0.250 e. The van der Waals surface area contributed by atoms with E-state index < -0.39 is 11.4 Å². The number of fused-ring (bicyclic) bond motifs is 1. The molecule has 5 nitrogen and oxygen atoms in total. The van der Waals surface area contributed by atoms with E-state index in [1.54, 1.807) is 4.90 Å². The first-order valence-corrected chi connectivity index (χ1v) is 8.24. The highest BCUT2D eigenvalue weighted by Gasteiger charge is 2.54. The van der Waals surface area contributed by atoms with Gasteiger partial charge in [0.15, 0.2) is 10.8 Å². The van der Waals surface area contributed by atoms with Crippen LogP contribution < -0.4 is 11.1 Å². The molecule has 2 aliphatic heterocycles. The molecule has 1 aromatic carbocycles. The minimum Gasteiger partial charge on any atom is -0.367 e. The zero-order valence-corrected chi connectivity index (χ0v) is 14.2. The van der Waals surface area contributed by atoms with Gasteiger partial charge in [-0.3, -0.25) is 4.79 Å². The number of carbonyl (C=O) groups excluding carboxylic acids is 1. The Morgan fingerprint density at radius 3 is 2.78 bits per heavy atom. The molecule has 122 valence electrons. The normalized spacial score (nSPS) is 27.1. The number of amidine groups is 1. The number of amides is 1. The van der Waals surface area contributed by atoms with Crippen molar-refractivity contribution in [2.24, 2.45) is 10.7 Å². The fourth-order valence-corrected chi connectivity index (χ4v) is 4.14. The fourth-order valence-electron chi connectivity index (χ4n) is 3.46. The van der Waals surface area contributed by atoms with E-state index in [9.17, 15) is 4.79 Å². The summed E-state index contributed by atoms with van der Waals surface area (Å²) in [6.07, 6.45) is 2.05. The molecule has 0 fully saturated rings. The number of hydrogen-bond acceptors (Lipinski definition) is 4. The molecule has 0 saturated heterocycles. The number of carbonyl (C=O) groups is 1. The first-order chi connectivity index (χ1) is 11.0. The molecule has 7 heteroatoms. The summed E-state index contributed by atoms with van der Waals surface area (Å²) in [6, 6.07) is 7.83. The van der Waals surface area contributed by atoms with Crippen LogP contribution in [0, 0.1) is 0 Å². The van der Waals surface area contributed by atoms with Crippen LogP contribution in [0.3, 0.4) is 0 Å². The lowest BCUT2D eigenvalue weighted by Crippen LogP contribution is -2.70. The summed E-state index contributed by atoms with van der Waals surface area (Å²) in [7, 11) is 0. The van der Waals surface area contributed by atoms with Gasteiger partial charge in [-0.15, -0.1) is 0 Å². The van der Waals surface area contributed by atoms with Crippen LogP contribution in [0.2, 0.25) is 0 Å². The van der Waals surface area contributed by atoms with E-state index in [4.69, 9.17) is 28.9 Å². The first kappa shape index (κ1) is 16.3. The Balaban J connectivity index is 2.08. The third kappa shape index (κ3) is 2.43. The predicted molar refractivity (Wildman–Crippen MR) is 92.3 cm³/mol. The van der Waals surface area contributed by atoms with Gasteiger partial charge in [-0.05, 0) is 36.1 Å². The fraction of sp³-hybridized carbons (Fsp3) is 0.375. The van der Waals surface area contributed by atoms with Crippen molar-refractivity contribution in [1.82, 2.24) is 10.2 Å². The summed E-state index contributed by atoms with van der Waals surface area (Å²) in [5.41, 5.74) is 6.97. The van der Waals surface area contributed by atoms with Crippen molar-refractivity contribution in [1.29, 1.82) is 0 Å². The van der Waals surface area contributed by atoms with Crippen LogP contribution in [0.4, 0.5) is 0 Å². The van der Waals surface area contributed by atoms with Crippen LogP contribution in [0.1, 0.15) is 18.1 Å². The second-order valence-corrected chi connectivity index (χ2v) is 6.40. The number of halogens is 2. The number of likely N-dealkylation sites (N-methyl/N-ethyl adjacent to an activating group) is 1. The summed E-state index contributed by atoms with van der Waals surface area (Å²) in [5.74, 6) is -0.537. The molecule has 23 heavy (non-hydrogen) atoms. The number of benzene rings is 1. The van der Waals surface area contributed by atoms with E-state index in [1.165, 1.54) is 17.3 Å². The van der Waals surface area contributed by atoms with Crippen LogP contribution in [0.15, 0.2) is 40.5 Å². The SMILES string of the molecule is CCN1C(Cl)=NC=C(Cl)C1(C(N)=O)C1Cc2ccccc2CN1. The first-order valence-electron chi connectivity index (χ1n) is 7.49. The molecular weight excluding hydrogens is 335 g/mol. The van der Waals surface area contributed by atoms with Gasteiger partial charge in [-0.25, -0.2) is 4.99 Å². The van der Waals surface area contributed by atoms with Gasteiger partial charge in [0.2, 0.25) is 0 Å². The van der Waals surface area contributed by atoms with Crippen molar-refractivity contribution in [3.8, 4) is 0 Å². The van der Waals surface area contributed by atoms with E-state index in [0.29, 0.717) is 19.5 Å². The Hall–Kier alpha value is -1.56. The molecule has 0 aliphatic carbocycles. The van der Waals surface area contributed by atoms with Gasteiger partial charge in [0.1, 0.15) is 0 Å². The Morgan fingerprint density at radius 2 is 2.13 bits per heavy atom. The Morgan fingerprint density at radius 1 is 1.43 bits per heavy atom. The van der Waals surface area contributed by atoms with Crippen molar-refractivity contribution in [2.45, 2.75) is 31.5 Å². The molecule has 0 bridgehead atoms. The number of aliphatic imine (C=N–C) groups is 1. The number of primary amides is 1. The Labute approximate surface area is 145 Å². The summed E-state index contributed by atoms with van der Waals surface area (Å²) >= 11 is 12.7. The maximum absolute atomic E-state index is 12.5. The average molecular weight is 353 g/mol. The molecule has 2 unspecified atom stereocenters. The molecule has 0 radical (unpaired) electrons. The van der Waals surface area contributed by atoms with Gasteiger partial charge in [0.25, 0.3) is 5.91 Å². The van der Waals surface area contributed by atoms with Gasteiger partial charge >= 0.3 is 0 Å². The molecular formula is C16H18Cl2N4O. The van der Waals surface area contributed by atoms with Crippen molar-refractivity contribution in [3.05, 3.63) is 46.6 Å². The molecule has 3 N–H and O–H groups in total. The van der Waals surface area contributed by atoms with Crippen LogP contribution in [-0.4, -0.2) is 34.2 Å². The standard InChI is InChI=1S/C16H18Cl2N4O/c1-2-22-15(18)21-9-12(17)16(22,14(19)23)13-7-10-5-3-4-6-11(10)8-20-13/h3-6,9,13,20H,2,7-8H2,1H3,(H2,19,23). The largest absolute Gasteiger partial charge is 0.367 e. The number of rotatable bonds is 3. The highest BCUT2D eigenvalue weighted by Crippen LogP contribution is 2.38. The van der Waals surface area contributed by atoms with E-state index in [2.05, 4.69) is 22.4 Å². The number of nitrogens with two attached hydrogens (primary N) is 1. The molecule has 3 rings (SSSR count). The minimum atomic E-state index is -1.23. The predicted octanol–water partition coefficient (Wildman–Crippen LogP) is 1.94. The zero-order valence-electron chi connectivity index (χ0n) is 12.7. The van der Waals surface area contributed by atoms with E-state index in [-0.39, 0.29) is 16.4 Å². The quantitative estimate of drug-likeness (QED) is 0.816. The lowest BCUT2D eigenvalue weighted by atomic mass is 9.79. The maximum atomic E-state index is 12.5. The summed E-state index contributed by atoms with van der Waals surface area (Å²) < 4.78 is 0. The van der Waals surface area contributed by atoms with Crippen molar-refractivity contribution in [3.63, 3.8) is 0 Å². The second-order valence-electron chi connectivity index (χ2n) is 5.66. The van der Waals surface area contributed by atoms with Gasteiger partial charge in [-0.2, -0.15) is 0 Å². The number of nitrogens with one attached hydrogen (secondary N) is 1. The lowest BCUT2D eigenvalue weighted by Gasteiger charge is -2.48. The van der Waals surface area contributed by atoms with Crippen LogP contribution >= 0.6 is 23.2 Å². The van der Waals surface area contributed by atoms with Crippen LogP contribution in [0.25, 0.3) is 0 Å². The summed E-state index contributed by atoms with van der Waals surface area (Å²) in [5, 5.41) is 3.91. The molecule has 2 atom stereocenters. The van der Waals surface area contributed by atoms with Crippen molar-refractivity contribution < 1.29 is 4.79 Å². The van der Waals surface area contributed by atoms with Crippen molar-refractivity contribution in [2.75, 3.05) is 6.54 Å². The van der Waals surface area contributed by atoms with Crippen LogP contribution in [-0.2, 0) is 17.8 Å². The smallest absolute Gasteiger partial charge is 0.250 e. The van der Waals surface area contributed by atoms with E-state index in [0.717, 1.165) is 0 Å². The van der Waals surface area contributed by atoms with Crippen molar-refractivity contribution >= 4 is 34.4 Å². The van der Waals surface area contributed by atoms with Crippen LogP contribution in [0.5, 0.6) is 0 Å². The third-order valence-corrected chi connectivity index (χ3v) is 5.26. The molecule has 1 amide bonds. The van der Waals surface area contributed by atoms with Gasteiger partial charge < -0.3 is 16.0 Å². The average Bonchev–Trinajstić information content (AvgIpc) is 2.55. The molecule has 0 spiro atoms. The van der Waals surface area contributed by atoms with Gasteiger partial charge in [0.05, 0.1) is 5.03 Å². The minimum absolute atomic E-state index is 0.219. The topological polar surface area (TPSA) is 70.7 Å². The van der Waals surface area contributed by atoms with Gasteiger partial charge in [-0.1, -0.05) is 35.9 Å². The molecule has 0 saturated carbocycles. The Bertz CT molecular complexity index is 703. The monoisotopic (exact) mass is 352 g/mol. The lowest BCUT2D eigenvalue weighted by molar-refractivity contribution is -0.127. The summed E-state index contributed by atoms with van der Waals surface area (Å²) in [4.78, 5) is 18.2. The molecule has 2 heterocycles.